The molecular formula is C31H36N6O7. The van der Waals surface area contributed by atoms with Gasteiger partial charge in [0.1, 0.15) is 18.1 Å². The SMILES string of the molecule is CC(C)C(N)C(=O)NC(Cc1c[nH]c2ccccc12)C(=O)NC(Cc1c[nH]c2ccccc12)C(=O)NC(CC(=O)O)C(=O)O. The molecule has 13 heteroatoms. The van der Waals surface area contributed by atoms with E-state index in [-0.39, 0.29) is 18.8 Å². The topological polar surface area (TPSA) is 219 Å². The van der Waals surface area contributed by atoms with E-state index < -0.39 is 60.2 Å². The highest BCUT2D eigenvalue weighted by atomic mass is 16.4. The van der Waals surface area contributed by atoms with E-state index in [0.29, 0.717) is 5.56 Å². The number of carboxylic acid groups (broad SMARTS) is 2. The molecule has 13 nitrogen and oxygen atoms in total. The molecule has 4 unspecified atom stereocenters. The van der Waals surface area contributed by atoms with Gasteiger partial charge >= 0.3 is 11.9 Å². The first-order chi connectivity index (χ1) is 20.9. The molecule has 0 fully saturated rings. The van der Waals surface area contributed by atoms with Crippen molar-refractivity contribution < 1.29 is 34.2 Å². The monoisotopic (exact) mass is 604 g/mol. The molecule has 3 amide bonds. The summed E-state index contributed by atoms with van der Waals surface area (Å²) in [6.07, 6.45) is 2.56. The quantitative estimate of drug-likeness (QED) is 0.105. The third kappa shape index (κ3) is 7.61. The Morgan fingerprint density at radius 2 is 1.14 bits per heavy atom. The van der Waals surface area contributed by atoms with Crippen LogP contribution in [0.15, 0.2) is 60.9 Å². The molecule has 0 saturated carbocycles. The largest absolute Gasteiger partial charge is 0.481 e. The number of para-hydroxylation sites is 2. The van der Waals surface area contributed by atoms with Crippen LogP contribution in [-0.4, -0.2) is 74.0 Å². The second kappa shape index (κ2) is 13.9. The third-order valence-electron chi connectivity index (χ3n) is 7.48. The Morgan fingerprint density at radius 1 is 0.705 bits per heavy atom. The second-order valence-corrected chi connectivity index (χ2v) is 11.0. The summed E-state index contributed by atoms with van der Waals surface area (Å²) in [7, 11) is 0. The molecule has 0 aliphatic carbocycles. The summed E-state index contributed by atoms with van der Waals surface area (Å²) in [5.74, 6) is -5.32. The molecule has 2 aromatic heterocycles. The lowest BCUT2D eigenvalue weighted by molar-refractivity contribution is -0.147. The number of aromatic amines is 2. The van der Waals surface area contributed by atoms with Gasteiger partial charge in [0.05, 0.1) is 12.5 Å². The van der Waals surface area contributed by atoms with Crippen molar-refractivity contribution in [3.63, 3.8) is 0 Å². The van der Waals surface area contributed by atoms with Crippen LogP contribution in [0.3, 0.4) is 0 Å². The molecule has 0 aliphatic heterocycles. The van der Waals surface area contributed by atoms with E-state index in [0.717, 1.165) is 27.4 Å². The molecule has 4 rings (SSSR count). The fourth-order valence-electron chi connectivity index (χ4n) is 4.95. The lowest BCUT2D eigenvalue weighted by Gasteiger charge is -2.25. The minimum absolute atomic E-state index is 0.0553. The van der Waals surface area contributed by atoms with Gasteiger partial charge in [0.15, 0.2) is 0 Å². The number of aromatic nitrogens is 2. The van der Waals surface area contributed by atoms with Crippen molar-refractivity contribution in [3.8, 4) is 0 Å². The third-order valence-corrected chi connectivity index (χ3v) is 7.48. The Kier molecular flexibility index (Phi) is 10.0. The number of aliphatic carboxylic acids is 2. The summed E-state index contributed by atoms with van der Waals surface area (Å²) >= 11 is 0. The van der Waals surface area contributed by atoms with Crippen LogP contribution in [0.25, 0.3) is 21.8 Å². The summed E-state index contributed by atoms with van der Waals surface area (Å²) < 4.78 is 0. The van der Waals surface area contributed by atoms with E-state index in [1.54, 1.807) is 26.2 Å². The van der Waals surface area contributed by atoms with Gasteiger partial charge in [-0.2, -0.15) is 0 Å². The van der Waals surface area contributed by atoms with E-state index in [4.69, 9.17) is 10.8 Å². The van der Waals surface area contributed by atoms with Crippen LogP contribution >= 0.6 is 0 Å². The molecule has 44 heavy (non-hydrogen) atoms. The molecule has 0 bridgehead atoms. The number of rotatable bonds is 14. The highest BCUT2D eigenvalue weighted by Gasteiger charge is 2.32. The first kappa shape index (κ1) is 31.8. The summed E-state index contributed by atoms with van der Waals surface area (Å²) in [4.78, 5) is 69.5. The molecule has 2 aromatic carbocycles. The minimum atomic E-state index is -1.73. The average molecular weight is 605 g/mol. The molecule has 0 saturated heterocycles. The lowest BCUT2D eigenvalue weighted by Crippen LogP contribution is -2.58. The molecule has 0 spiro atoms. The van der Waals surface area contributed by atoms with E-state index in [1.807, 2.05) is 48.5 Å². The fraction of sp³-hybridized carbons (Fsp3) is 0.323. The number of carbonyl (C=O) groups is 5. The number of hydrogen-bond donors (Lipinski definition) is 8. The zero-order chi connectivity index (χ0) is 32.0. The average Bonchev–Trinajstić information content (AvgIpc) is 3.59. The van der Waals surface area contributed by atoms with Crippen molar-refractivity contribution >= 4 is 51.5 Å². The predicted molar refractivity (Wildman–Crippen MR) is 162 cm³/mol. The van der Waals surface area contributed by atoms with E-state index >= 15 is 0 Å². The van der Waals surface area contributed by atoms with Crippen molar-refractivity contribution in [3.05, 3.63) is 72.1 Å². The van der Waals surface area contributed by atoms with Crippen LogP contribution in [0, 0.1) is 5.92 Å². The maximum Gasteiger partial charge on any atom is 0.326 e. The van der Waals surface area contributed by atoms with Crippen molar-refractivity contribution in [1.82, 2.24) is 25.9 Å². The van der Waals surface area contributed by atoms with Crippen molar-refractivity contribution in [2.75, 3.05) is 0 Å². The molecule has 232 valence electrons. The number of carboxylic acids is 2. The first-order valence-corrected chi connectivity index (χ1v) is 14.2. The summed E-state index contributed by atoms with van der Waals surface area (Å²) in [5, 5.41) is 27.9. The molecule has 0 aliphatic rings. The number of carbonyl (C=O) groups excluding carboxylic acids is 3. The summed E-state index contributed by atoms with van der Waals surface area (Å²) in [6, 6.07) is 9.66. The van der Waals surface area contributed by atoms with Crippen LogP contribution in [0.4, 0.5) is 0 Å². The van der Waals surface area contributed by atoms with Gasteiger partial charge in [-0.15, -0.1) is 0 Å². The van der Waals surface area contributed by atoms with Crippen molar-refractivity contribution in [1.29, 1.82) is 0 Å². The number of H-pyrrole nitrogens is 2. The smallest absolute Gasteiger partial charge is 0.326 e. The van der Waals surface area contributed by atoms with Gasteiger partial charge in [0.2, 0.25) is 17.7 Å². The zero-order valence-corrected chi connectivity index (χ0v) is 24.3. The van der Waals surface area contributed by atoms with Crippen LogP contribution in [-0.2, 0) is 36.8 Å². The van der Waals surface area contributed by atoms with E-state index in [1.165, 1.54) is 0 Å². The van der Waals surface area contributed by atoms with Gasteiger partial charge in [0, 0.05) is 47.0 Å². The van der Waals surface area contributed by atoms with E-state index in [9.17, 15) is 29.1 Å². The number of nitrogens with two attached hydrogens (primary N) is 1. The molecule has 0 radical (unpaired) electrons. The summed E-state index contributed by atoms with van der Waals surface area (Å²) in [5.41, 5.74) is 9.09. The van der Waals surface area contributed by atoms with Gasteiger partial charge < -0.3 is 41.9 Å². The van der Waals surface area contributed by atoms with Crippen LogP contribution < -0.4 is 21.7 Å². The molecule has 4 atom stereocenters. The van der Waals surface area contributed by atoms with Gasteiger partial charge in [-0.1, -0.05) is 50.2 Å². The van der Waals surface area contributed by atoms with Gasteiger partial charge in [0.25, 0.3) is 0 Å². The Balaban J connectivity index is 1.65. The predicted octanol–water partition coefficient (Wildman–Crippen LogP) is 1.43. The fourth-order valence-corrected chi connectivity index (χ4v) is 4.95. The highest BCUT2D eigenvalue weighted by Crippen LogP contribution is 2.21. The number of fused-ring (bicyclic) bond motifs is 2. The second-order valence-electron chi connectivity index (χ2n) is 11.0. The normalized spacial score (nSPS) is 14.1. The highest BCUT2D eigenvalue weighted by molar-refractivity contribution is 5.96. The number of nitrogens with one attached hydrogen (secondary N) is 5. The van der Waals surface area contributed by atoms with Crippen molar-refractivity contribution in [2.45, 2.75) is 57.3 Å². The Hall–Kier alpha value is -5.17. The maximum absolute atomic E-state index is 13.9. The van der Waals surface area contributed by atoms with Gasteiger partial charge in [-0.05, 0) is 29.2 Å². The maximum atomic E-state index is 13.9. The van der Waals surface area contributed by atoms with Gasteiger partial charge in [-0.25, -0.2) is 4.79 Å². The van der Waals surface area contributed by atoms with E-state index in [2.05, 4.69) is 25.9 Å². The Labute approximate surface area is 252 Å². The standard InChI is InChI=1S/C31H36N6O7/c1-16(2)27(32)30(42)36-24(12-18-15-34-22-10-6-4-8-20(18)22)28(40)35-23(29(41)37-25(31(43)44)13-26(38)39)11-17-14-33-21-9-5-3-7-19(17)21/h3-10,14-16,23-25,27,33-34H,11-13,32H2,1-2H3,(H,35,40)(H,36,42)(H,37,41)(H,38,39)(H,43,44). The number of amides is 3. The summed E-state index contributed by atoms with van der Waals surface area (Å²) in [6.45, 7) is 3.55. The number of benzene rings is 2. The Bertz CT molecular complexity index is 1680. The van der Waals surface area contributed by atoms with Crippen molar-refractivity contribution in [2.24, 2.45) is 11.7 Å². The molecule has 9 N–H and O–H groups in total. The van der Waals surface area contributed by atoms with Crippen LogP contribution in [0.1, 0.15) is 31.4 Å². The first-order valence-electron chi connectivity index (χ1n) is 14.2. The molecule has 4 aromatic rings. The van der Waals surface area contributed by atoms with Gasteiger partial charge in [-0.3, -0.25) is 19.2 Å². The lowest BCUT2D eigenvalue weighted by atomic mass is 10.00. The molecular weight excluding hydrogens is 568 g/mol. The van der Waals surface area contributed by atoms with Crippen LogP contribution in [0.5, 0.6) is 0 Å². The molecule has 2 heterocycles. The van der Waals surface area contributed by atoms with Crippen LogP contribution in [0.2, 0.25) is 0 Å². The number of hydrogen-bond acceptors (Lipinski definition) is 6. The minimum Gasteiger partial charge on any atom is -0.481 e. The Morgan fingerprint density at radius 3 is 1.57 bits per heavy atom. The zero-order valence-electron chi connectivity index (χ0n) is 24.3.